The van der Waals surface area contributed by atoms with Crippen LogP contribution < -0.4 is 15.6 Å². The third-order valence-corrected chi connectivity index (χ3v) is 4.19. The highest BCUT2D eigenvalue weighted by atomic mass is 16.5. The van der Waals surface area contributed by atoms with E-state index >= 15 is 0 Å². The molecule has 0 saturated heterocycles. The second-order valence-corrected chi connectivity index (χ2v) is 6.59. The average molecular weight is 362 g/mol. The molecular formula is C22H22N2O3. The Bertz CT molecular complexity index is 978. The van der Waals surface area contributed by atoms with Crippen LogP contribution in [-0.4, -0.2) is 17.9 Å². The number of hydrazine groups is 1. The maximum Gasteiger partial charge on any atom is 0.279 e. The Labute approximate surface area is 158 Å². The third kappa shape index (κ3) is 4.64. The van der Waals surface area contributed by atoms with Crippen LogP contribution in [0, 0.1) is 13.8 Å². The minimum atomic E-state index is -0.759. The van der Waals surface area contributed by atoms with E-state index in [1.807, 2.05) is 62.4 Å². The van der Waals surface area contributed by atoms with Crippen molar-refractivity contribution in [3.05, 3.63) is 77.4 Å². The molecule has 0 heterocycles. The molecule has 0 aliphatic rings. The number of ether oxygens (including phenoxy) is 1. The normalized spacial score (nSPS) is 11.7. The smallest absolute Gasteiger partial charge is 0.279 e. The lowest BCUT2D eigenvalue weighted by Gasteiger charge is -2.16. The van der Waals surface area contributed by atoms with E-state index < -0.39 is 12.0 Å². The van der Waals surface area contributed by atoms with Crippen LogP contribution in [0.1, 0.15) is 28.4 Å². The molecule has 0 spiro atoms. The molecular weight excluding hydrogens is 340 g/mol. The van der Waals surface area contributed by atoms with Crippen LogP contribution >= 0.6 is 0 Å². The first-order valence-corrected chi connectivity index (χ1v) is 8.76. The van der Waals surface area contributed by atoms with Gasteiger partial charge in [0, 0.05) is 5.56 Å². The Kier molecular flexibility index (Phi) is 5.41. The number of fused-ring (bicyclic) bond motifs is 1. The van der Waals surface area contributed by atoms with E-state index in [2.05, 4.69) is 10.9 Å². The summed E-state index contributed by atoms with van der Waals surface area (Å²) in [7, 11) is 0. The summed E-state index contributed by atoms with van der Waals surface area (Å²) >= 11 is 0. The number of carbonyl (C=O) groups excluding carboxylic acids is 2. The molecule has 2 N–H and O–H groups in total. The zero-order chi connectivity index (χ0) is 19.4. The highest BCUT2D eigenvalue weighted by Gasteiger charge is 2.16. The van der Waals surface area contributed by atoms with Crippen LogP contribution in [0.3, 0.4) is 0 Å². The van der Waals surface area contributed by atoms with Crippen LogP contribution in [-0.2, 0) is 4.79 Å². The summed E-state index contributed by atoms with van der Waals surface area (Å²) in [4.78, 5) is 24.4. The number of nitrogens with one attached hydrogen (secondary N) is 2. The van der Waals surface area contributed by atoms with Gasteiger partial charge in [0.2, 0.25) is 0 Å². The van der Waals surface area contributed by atoms with Crippen molar-refractivity contribution in [1.29, 1.82) is 0 Å². The van der Waals surface area contributed by atoms with Crippen molar-refractivity contribution in [3.63, 3.8) is 0 Å². The minimum Gasteiger partial charge on any atom is -0.481 e. The topological polar surface area (TPSA) is 67.4 Å². The molecule has 0 aliphatic carbocycles. The second-order valence-electron chi connectivity index (χ2n) is 6.59. The van der Waals surface area contributed by atoms with Crippen molar-refractivity contribution in [2.24, 2.45) is 0 Å². The Balaban J connectivity index is 1.59. The molecule has 138 valence electrons. The Morgan fingerprint density at radius 1 is 0.852 bits per heavy atom. The van der Waals surface area contributed by atoms with Gasteiger partial charge in [-0.2, -0.15) is 0 Å². The maximum absolute atomic E-state index is 12.2. The van der Waals surface area contributed by atoms with E-state index in [0.29, 0.717) is 11.3 Å². The van der Waals surface area contributed by atoms with Gasteiger partial charge < -0.3 is 4.74 Å². The Morgan fingerprint density at radius 3 is 2.22 bits per heavy atom. The Morgan fingerprint density at radius 2 is 1.52 bits per heavy atom. The number of benzene rings is 3. The van der Waals surface area contributed by atoms with Gasteiger partial charge in [-0.1, -0.05) is 47.5 Å². The van der Waals surface area contributed by atoms with E-state index in [1.54, 1.807) is 19.1 Å². The van der Waals surface area contributed by atoms with Crippen LogP contribution in [0.2, 0.25) is 0 Å². The fourth-order valence-corrected chi connectivity index (χ4v) is 2.90. The molecule has 0 fully saturated rings. The zero-order valence-corrected chi connectivity index (χ0v) is 15.6. The second kappa shape index (κ2) is 7.91. The Hall–Kier alpha value is -3.34. The summed E-state index contributed by atoms with van der Waals surface area (Å²) in [6, 6.07) is 19.1. The third-order valence-electron chi connectivity index (χ3n) is 4.19. The van der Waals surface area contributed by atoms with E-state index in [-0.39, 0.29) is 5.91 Å². The van der Waals surface area contributed by atoms with Crippen molar-refractivity contribution >= 4 is 22.6 Å². The van der Waals surface area contributed by atoms with E-state index in [9.17, 15) is 9.59 Å². The van der Waals surface area contributed by atoms with Gasteiger partial charge in [-0.05, 0) is 55.8 Å². The highest BCUT2D eigenvalue weighted by molar-refractivity contribution is 5.96. The van der Waals surface area contributed by atoms with Gasteiger partial charge in [-0.15, -0.1) is 0 Å². The van der Waals surface area contributed by atoms with Crippen molar-refractivity contribution in [2.75, 3.05) is 0 Å². The molecule has 5 heteroatoms. The SMILES string of the molecule is Cc1cc(C)cc(C(=O)NNC(=O)[C@H](C)Oc2ccc3ccccc3c2)c1. The molecule has 5 nitrogen and oxygen atoms in total. The van der Waals surface area contributed by atoms with E-state index in [4.69, 9.17) is 4.74 Å². The highest BCUT2D eigenvalue weighted by Crippen LogP contribution is 2.21. The molecule has 3 aromatic carbocycles. The van der Waals surface area contributed by atoms with Crippen molar-refractivity contribution in [1.82, 2.24) is 10.9 Å². The zero-order valence-electron chi connectivity index (χ0n) is 15.6. The molecule has 0 bridgehead atoms. The predicted octanol–water partition coefficient (Wildman–Crippen LogP) is 3.69. The fraction of sp³-hybridized carbons (Fsp3) is 0.182. The molecule has 2 amide bonds. The molecule has 0 saturated carbocycles. The molecule has 1 atom stereocenters. The summed E-state index contributed by atoms with van der Waals surface area (Å²) in [6.45, 7) is 5.47. The first-order valence-electron chi connectivity index (χ1n) is 8.76. The van der Waals surface area contributed by atoms with E-state index in [1.165, 1.54) is 0 Å². The van der Waals surface area contributed by atoms with Crippen molar-refractivity contribution < 1.29 is 14.3 Å². The molecule has 0 aliphatic heterocycles. The summed E-state index contributed by atoms with van der Waals surface area (Å²) in [5.74, 6) is -0.203. The lowest BCUT2D eigenvalue weighted by Crippen LogP contribution is -2.47. The summed E-state index contributed by atoms with van der Waals surface area (Å²) in [6.07, 6.45) is -0.759. The summed E-state index contributed by atoms with van der Waals surface area (Å²) in [5.41, 5.74) is 7.31. The van der Waals surface area contributed by atoms with Crippen LogP contribution in [0.5, 0.6) is 5.75 Å². The number of amides is 2. The van der Waals surface area contributed by atoms with Gasteiger partial charge in [0.05, 0.1) is 0 Å². The predicted molar refractivity (Wildman–Crippen MR) is 106 cm³/mol. The van der Waals surface area contributed by atoms with Crippen LogP contribution in [0.15, 0.2) is 60.7 Å². The van der Waals surface area contributed by atoms with Gasteiger partial charge >= 0.3 is 0 Å². The number of rotatable bonds is 4. The van der Waals surface area contributed by atoms with Crippen molar-refractivity contribution in [3.8, 4) is 5.75 Å². The lowest BCUT2D eigenvalue weighted by atomic mass is 10.1. The van der Waals surface area contributed by atoms with Gasteiger partial charge in [0.15, 0.2) is 6.10 Å². The summed E-state index contributed by atoms with van der Waals surface area (Å²) < 4.78 is 5.70. The van der Waals surface area contributed by atoms with Crippen LogP contribution in [0.25, 0.3) is 10.8 Å². The molecule has 3 rings (SSSR count). The maximum atomic E-state index is 12.2. The largest absolute Gasteiger partial charge is 0.481 e. The number of carbonyl (C=O) groups is 2. The first kappa shape index (κ1) is 18.5. The van der Waals surface area contributed by atoms with Crippen molar-refractivity contribution in [2.45, 2.75) is 26.9 Å². The molecule has 0 radical (unpaired) electrons. The van der Waals surface area contributed by atoms with Gasteiger partial charge in [-0.25, -0.2) is 0 Å². The molecule has 0 unspecified atom stereocenters. The number of hydrogen-bond donors (Lipinski definition) is 2. The molecule has 0 aromatic heterocycles. The molecule has 27 heavy (non-hydrogen) atoms. The minimum absolute atomic E-state index is 0.368. The quantitative estimate of drug-likeness (QED) is 0.696. The average Bonchev–Trinajstić information content (AvgIpc) is 2.64. The van der Waals surface area contributed by atoms with Gasteiger partial charge in [-0.3, -0.25) is 20.4 Å². The van der Waals surface area contributed by atoms with Gasteiger partial charge in [0.1, 0.15) is 5.75 Å². The fourth-order valence-electron chi connectivity index (χ4n) is 2.90. The van der Waals surface area contributed by atoms with E-state index in [0.717, 1.165) is 21.9 Å². The lowest BCUT2D eigenvalue weighted by molar-refractivity contribution is -0.128. The molecule has 3 aromatic rings. The number of aryl methyl sites for hydroxylation is 2. The first-order chi connectivity index (χ1) is 12.9. The standard InChI is InChI=1S/C22H22N2O3/c1-14-10-15(2)12-19(11-14)22(26)24-23-21(25)16(3)27-20-9-8-17-6-4-5-7-18(17)13-20/h4-13,16H,1-3H3,(H,23,25)(H,24,26)/t16-/m0/s1. The summed E-state index contributed by atoms with van der Waals surface area (Å²) in [5, 5.41) is 2.13. The number of hydrogen-bond acceptors (Lipinski definition) is 3. The van der Waals surface area contributed by atoms with Gasteiger partial charge in [0.25, 0.3) is 11.8 Å². The van der Waals surface area contributed by atoms with Crippen LogP contribution in [0.4, 0.5) is 0 Å². The monoisotopic (exact) mass is 362 g/mol.